The lowest BCUT2D eigenvalue weighted by Crippen LogP contribution is -2.39. The van der Waals surface area contributed by atoms with Crippen LogP contribution in [0.5, 0.6) is 5.75 Å². The molecule has 4 N–H and O–H groups in total. The van der Waals surface area contributed by atoms with Gasteiger partial charge in [-0.25, -0.2) is 23.4 Å². The lowest BCUT2D eigenvalue weighted by Gasteiger charge is -2.28. The van der Waals surface area contributed by atoms with Crippen LogP contribution in [-0.2, 0) is 55.9 Å². The Labute approximate surface area is 386 Å². The molecule has 18 nitrogen and oxygen atoms in total. The third-order valence-electron chi connectivity index (χ3n) is 8.48. The highest BCUT2D eigenvalue weighted by Crippen LogP contribution is 2.38. The van der Waals surface area contributed by atoms with Crippen molar-refractivity contribution < 1.29 is 52.5 Å². The number of carboxylic acid groups (broad SMARTS) is 2. The summed E-state index contributed by atoms with van der Waals surface area (Å²) in [5.41, 5.74) is 0.715. The first-order valence-corrected chi connectivity index (χ1v) is 26.1. The van der Waals surface area contributed by atoms with Crippen LogP contribution in [0.25, 0.3) is 0 Å². The molecule has 5 heterocycles. The van der Waals surface area contributed by atoms with Gasteiger partial charge in [0.25, 0.3) is 5.91 Å². The maximum Gasteiger partial charge on any atom is 0.325 e. The van der Waals surface area contributed by atoms with Crippen molar-refractivity contribution in [3.8, 4) is 18.1 Å². The van der Waals surface area contributed by atoms with Gasteiger partial charge in [-0.1, -0.05) is 31.4 Å². The zero-order valence-electron chi connectivity index (χ0n) is 35.2. The van der Waals surface area contributed by atoms with E-state index in [1.807, 2.05) is 9.88 Å². The molecule has 0 saturated carbocycles. The van der Waals surface area contributed by atoms with Crippen molar-refractivity contribution in [1.82, 2.24) is 23.6 Å². The molecule has 1 amide bonds. The number of anilines is 1. The summed E-state index contributed by atoms with van der Waals surface area (Å²) < 4.78 is 53.8. The van der Waals surface area contributed by atoms with E-state index in [0.717, 1.165) is 60.8 Å². The van der Waals surface area contributed by atoms with Gasteiger partial charge in [0.2, 0.25) is 9.60 Å². The summed E-state index contributed by atoms with van der Waals surface area (Å²) in [5, 5.41) is 18.9. The van der Waals surface area contributed by atoms with Gasteiger partial charge in [-0.3, -0.25) is 34.1 Å². The molecule has 7 rings (SSSR count). The van der Waals surface area contributed by atoms with Crippen LogP contribution in [0.2, 0.25) is 5.02 Å². The topological polar surface area (TPSA) is 246 Å². The van der Waals surface area contributed by atoms with Crippen molar-refractivity contribution in [1.29, 1.82) is 0 Å². The highest BCUT2D eigenvalue weighted by Gasteiger charge is 2.31. The van der Waals surface area contributed by atoms with E-state index in [1.165, 1.54) is 34.6 Å². The maximum atomic E-state index is 14.5. The number of aromatic nitrogens is 4. The smallest absolute Gasteiger partial charge is 0.325 e. The highest BCUT2D eigenvalue weighted by molar-refractivity contribution is 8.00. The van der Waals surface area contributed by atoms with Gasteiger partial charge in [0.05, 0.1) is 54.6 Å². The van der Waals surface area contributed by atoms with Crippen molar-refractivity contribution in [2.24, 2.45) is 15.4 Å². The number of aliphatic carboxylic acids is 2. The van der Waals surface area contributed by atoms with Gasteiger partial charge in [0.15, 0.2) is 12.4 Å². The first-order valence-electron chi connectivity index (χ1n) is 18.9. The van der Waals surface area contributed by atoms with Crippen molar-refractivity contribution >= 4 is 99.6 Å². The molecule has 1 unspecified atom stereocenters. The lowest BCUT2D eigenvalue weighted by molar-refractivity contribution is -0.193. The molecule has 3 aliphatic heterocycles. The predicted molar refractivity (Wildman–Crippen MR) is 242 cm³/mol. The molecule has 1 atom stereocenters. The number of ether oxygens (including phenoxy) is 1. The fourth-order valence-electron chi connectivity index (χ4n) is 5.92. The number of thioether (sulfide) groups is 1. The number of nitrogens with zero attached hydrogens (tertiary/aromatic N) is 7. The van der Waals surface area contributed by atoms with Gasteiger partial charge in [0.1, 0.15) is 36.4 Å². The van der Waals surface area contributed by atoms with Crippen molar-refractivity contribution in [3.05, 3.63) is 66.0 Å². The maximum absolute atomic E-state index is 14.5. The number of terminal acetylenes is 1. The molecule has 64 heavy (non-hydrogen) atoms. The Kier molecular flexibility index (Phi) is 19.0. The van der Waals surface area contributed by atoms with Crippen LogP contribution in [-0.4, -0.2) is 102 Å². The number of nitrogens with one attached hydrogen (secondary N) is 1. The van der Waals surface area contributed by atoms with Crippen molar-refractivity contribution in [3.63, 3.8) is 0 Å². The molecule has 0 spiro atoms. The van der Waals surface area contributed by atoms with Gasteiger partial charge in [0, 0.05) is 48.5 Å². The molecular weight excluding hydrogens is 961 g/mol. The standard InChI is InChI=1S/C18H17FN4O2S.C14H13ClFN3O3S2.C3H8NO5P.C3H9S/c1-4-5-22-13-7-12(11(19)6-14(13)25-9-16(22)24)20-17-23-10-18(2,3)8-15(23)21-26-17;15-8-5-9(16)10(6-11(8)23-7-12(20)21)17-13-18-3-1-2-4-19(18)14(22)24-13;5-3(6)1-4-2-10(7,8)9;1-4(2)3/h1,6-7H,5,8-10H2,2-3H3;5-6H,1-4,7H2,(H,20,21);4H,1-2H2,(H,5,6)(H2,7,8,9);1-3H3/q;;;+1/p-1. The molecule has 0 aliphatic carbocycles. The van der Waals surface area contributed by atoms with Crippen LogP contribution in [0.4, 0.5) is 25.8 Å². The number of amides is 1. The number of carbonyl (C=O) groups is 3. The number of benzene rings is 2. The summed E-state index contributed by atoms with van der Waals surface area (Å²) in [4.78, 5) is 74.0. The minimum atomic E-state index is -4.35. The van der Waals surface area contributed by atoms with E-state index < -0.39 is 44.0 Å². The summed E-state index contributed by atoms with van der Waals surface area (Å²) in [7, 11) is -3.71. The average Bonchev–Trinajstić information content (AvgIpc) is 3.82. The zero-order valence-corrected chi connectivity index (χ0v) is 40.1. The second-order valence-corrected chi connectivity index (χ2v) is 22.3. The minimum Gasteiger partial charge on any atom is -0.778 e. The molecule has 2 aromatic carbocycles. The fraction of sp³-hybridized carbons (Fsp3) is 0.447. The van der Waals surface area contributed by atoms with Gasteiger partial charge >= 0.3 is 16.8 Å². The highest BCUT2D eigenvalue weighted by atomic mass is 35.5. The van der Waals surface area contributed by atoms with E-state index >= 15 is 0 Å². The Morgan fingerprint density at radius 3 is 2.33 bits per heavy atom. The first-order chi connectivity index (χ1) is 30.0. The molecular formula is C38H46ClF2N8O10PS4. The Hall–Kier alpha value is -4.31. The third kappa shape index (κ3) is 15.4. The van der Waals surface area contributed by atoms with E-state index in [2.05, 4.69) is 52.9 Å². The number of fused-ring (bicyclic) bond motifs is 3. The van der Waals surface area contributed by atoms with Crippen LogP contribution in [0.15, 0.2) is 43.9 Å². The van der Waals surface area contributed by atoms with E-state index in [-0.39, 0.29) is 51.5 Å². The quantitative estimate of drug-likeness (QED) is 0.0769. The second-order valence-electron chi connectivity index (χ2n) is 15.1. The van der Waals surface area contributed by atoms with Gasteiger partial charge in [-0.05, 0) is 58.7 Å². The molecule has 0 saturated heterocycles. The second kappa shape index (κ2) is 23.2. The fourth-order valence-corrected chi connectivity index (χ4v) is 8.95. The van der Waals surface area contributed by atoms with E-state index in [4.69, 9.17) is 37.9 Å². The summed E-state index contributed by atoms with van der Waals surface area (Å²) in [6.07, 6.45) is 14.0. The lowest BCUT2D eigenvalue weighted by atomic mass is 9.92. The monoisotopic (exact) mass is 1010 g/mol. The van der Waals surface area contributed by atoms with Gasteiger partial charge in [-0.15, -0.1) is 18.2 Å². The van der Waals surface area contributed by atoms with Crippen LogP contribution in [0, 0.1) is 29.4 Å². The Balaban J connectivity index is 0.000000218. The summed E-state index contributed by atoms with van der Waals surface area (Å²) in [6, 6.07) is 5.28. The Bertz CT molecular complexity index is 2650. The zero-order chi connectivity index (χ0) is 47.5. The van der Waals surface area contributed by atoms with E-state index in [0.29, 0.717) is 49.9 Å². The summed E-state index contributed by atoms with van der Waals surface area (Å²) >= 11 is 9.16. The minimum absolute atomic E-state index is 0.0370. The summed E-state index contributed by atoms with van der Waals surface area (Å²) in [5.74, 6) is -0.0433. The predicted octanol–water partition coefficient (Wildman–Crippen LogP) is 3.62. The number of hydrogen-bond donors (Lipinski definition) is 4. The molecule has 0 fully saturated rings. The van der Waals surface area contributed by atoms with Gasteiger partial charge in [-0.2, -0.15) is 4.37 Å². The molecule has 4 aromatic rings. The number of hydrogen-bond acceptors (Lipinski definition) is 14. The van der Waals surface area contributed by atoms with Crippen LogP contribution >= 0.6 is 53.8 Å². The number of halogens is 3. The molecule has 2 aromatic heterocycles. The number of carboxylic acids is 2. The molecule has 348 valence electrons. The molecule has 26 heteroatoms. The van der Waals surface area contributed by atoms with E-state index in [9.17, 15) is 37.4 Å². The van der Waals surface area contributed by atoms with Crippen molar-refractivity contribution in [2.75, 3.05) is 55.4 Å². The van der Waals surface area contributed by atoms with Crippen LogP contribution in [0.1, 0.15) is 32.5 Å². The molecule has 3 aliphatic rings. The van der Waals surface area contributed by atoms with E-state index in [1.54, 1.807) is 9.36 Å². The number of carbonyl (C=O) groups excluding carboxylic acids is 1. The molecule has 0 radical (unpaired) electrons. The van der Waals surface area contributed by atoms with Crippen LogP contribution < -0.4 is 34.3 Å². The Morgan fingerprint density at radius 2 is 1.70 bits per heavy atom. The largest absolute Gasteiger partial charge is 0.778 e. The normalized spacial score (nSPS) is 16.0. The van der Waals surface area contributed by atoms with Gasteiger partial charge < -0.3 is 33.9 Å². The van der Waals surface area contributed by atoms with Crippen LogP contribution in [0.3, 0.4) is 0 Å². The average molecular weight is 1010 g/mol. The Morgan fingerprint density at radius 1 is 1.08 bits per heavy atom. The first kappa shape index (κ1) is 52.3. The van der Waals surface area contributed by atoms with Crippen molar-refractivity contribution in [2.45, 2.75) is 57.6 Å². The third-order valence-corrected chi connectivity index (χ3v) is 12.2. The molecule has 0 bridgehead atoms. The summed E-state index contributed by atoms with van der Waals surface area (Å²) in [6.45, 7) is 5.87. The number of rotatable bonds is 10. The SMILES string of the molecule is C#CCN1C(=O)COc2cc(F)c(N=c3snc4n3CC(C)(C)C4)cc21.C[S+](C)C.O=C(O)CNCP(=O)([O-])O.O=C(O)CSc1cc(N=c2sc(=O)n3n2CCCC3)c(F)cc1Cl.